The fourth-order valence-electron chi connectivity index (χ4n) is 2.57. The predicted molar refractivity (Wildman–Crippen MR) is 111 cm³/mol. The zero-order valence-corrected chi connectivity index (χ0v) is 18.1. The average molecular weight is 459 g/mol. The molecule has 0 aromatic heterocycles. The molecular formula is C18H22N2O6S3. The topological polar surface area (TPSA) is 121 Å². The van der Waals surface area contributed by atoms with E-state index in [9.17, 15) is 21.6 Å². The minimum atomic E-state index is -4.04. The molecule has 0 spiro atoms. The minimum Gasteiger partial charge on any atom is -0.289 e. The van der Waals surface area contributed by atoms with Crippen molar-refractivity contribution in [1.82, 2.24) is 9.79 Å². The van der Waals surface area contributed by atoms with Gasteiger partial charge in [0, 0.05) is 31.0 Å². The van der Waals surface area contributed by atoms with E-state index in [0.29, 0.717) is 0 Å². The normalized spacial score (nSPS) is 13.2. The number of sulfonamides is 1. The Morgan fingerprint density at radius 3 is 2.10 bits per heavy atom. The number of rotatable bonds is 9. The monoisotopic (exact) mass is 458 g/mol. The quantitative estimate of drug-likeness (QED) is 0.298. The molecule has 1 unspecified atom stereocenters. The van der Waals surface area contributed by atoms with Gasteiger partial charge in [0.2, 0.25) is 15.9 Å². The molecule has 0 aliphatic rings. The van der Waals surface area contributed by atoms with Gasteiger partial charge in [-0.05, 0) is 29.8 Å². The summed E-state index contributed by atoms with van der Waals surface area (Å²) >= 11 is 4.49. The Kier molecular flexibility index (Phi) is 7.83. The van der Waals surface area contributed by atoms with Crippen LogP contribution in [0.2, 0.25) is 0 Å². The Hall–Kier alpha value is -1.92. The van der Waals surface area contributed by atoms with E-state index in [2.05, 4.69) is 12.6 Å². The second-order valence-electron chi connectivity index (χ2n) is 6.32. The van der Waals surface area contributed by atoms with Gasteiger partial charge in [-0.3, -0.25) is 10.0 Å². The van der Waals surface area contributed by atoms with Gasteiger partial charge in [0.05, 0.1) is 9.79 Å². The minimum absolute atomic E-state index is 0.000911. The zero-order valence-electron chi connectivity index (χ0n) is 15.6. The third-order valence-corrected chi connectivity index (χ3v) is 7.63. The molecule has 158 valence electrons. The molecule has 1 atom stereocenters. The van der Waals surface area contributed by atoms with Crippen molar-refractivity contribution < 1.29 is 26.8 Å². The Balaban J connectivity index is 2.33. The van der Waals surface area contributed by atoms with Crippen molar-refractivity contribution >= 4 is 38.4 Å². The van der Waals surface area contributed by atoms with E-state index in [1.54, 1.807) is 12.1 Å². The van der Waals surface area contributed by atoms with Crippen LogP contribution >= 0.6 is 12.6 Å². The number of carbonyl (C=O) groups excluding carboxylic acids is 1. The van der Waals surface area contributed by atoms with Gasteiger partial charge in [-0.15, -0.1) is 0 Å². The van der Waals surface area contributed by atoms with E-state index < -0.39 is 31.0 Å². The average Bonchev–Trinajstić information content (AvgIpc) is 2.70. The van der Waals surface area contributed by atoms with Crippen molar-refractivity contribution in [1.29, 1.82) is 0 Å². The second kappa shape index (κ2) is 9.72. The summed E-state index contributed by atoms with van der Waals surface area (Å²) in [5, 5.41) is 8.23. The molecule has 29 heavy (non-hydrogen) atoms. The number of amides is 1. The summed E-state index contributed by atoms with van der Waals surface area (Å²) in [4.78, 5) is 11.3. The van der Waals surface area contributed by atoms with E-state index in [1.165, 1.54) is 29.7 Å². The maximum atomic E-state index is 13.1. The van der Waals surface area contributed by atoms with Crippen LogP contribution < -0.4 is 5.48 Å². The molecular weight excluding hydrogens is 436 g/mol. The number of thiol groups is 1. The van der Waals surface area contributed by atoms with Crippen molar-refractivity contribution in [2.24, 2.45) is 0 Å². The van der Waals surface area contributed by atoms with Crippen LogP contribution in [0.15, 0.2) is 64.4 Å². The first-order valence-corrected chi connectivity index (χ1v) is 12.4. The fraction of sp³-hybridized carbons (Fsp3) is 0.278. The van der Waals surface area contributed by atoms with Crippen molar-refractivity contribution in [3.63, 3.8) is 0 Å². The number of benzene rings is 2. The van der Waals surface area contributed by atoms with Gasteiger partial charge in [0.25, 0.3) is 0 Å². The molecule has 0 bridgehead atoms. The van der Waals surface area contributed by atoms with Crippen LogP contribution in [0.25, 0.3) is 0 Å². The molecule has 0 saturated carbocycles. The predicted octanol–water partition coefficient (Wildman–Crippen LogP) is 1.65. The van der Waals surface area contributed by atoms with Gasteiger partial charge in [-0.1, -0.05) is 30.3 Å². The van der Waals surface area contributed by atoms with Gasteiger partial charge in [-0.25, -0.2) is 22.3 Å². The third-order valence-electron chi connectivity index (χ3n) is 4.16. The summed E-state index contributed by atoms with van der Waals surface area (Å²) in [6.07, 6.45) is 0.772. The van der Waals surface area contributed by atoms with E-state index in [1.807, 2.05) is 18.2 Å². The van der Waals surface area contributed by atoms with Gasteiger partial charge in [0.15, 0.2) is 9.84 Å². The Morgan fingerprint density at radius 2 is 1.59 bits per heavy atom. The summed E-state index contributed by atoms with van der Waals surface area (Å²) in [5.41, 5.74) is 2.28. The SMILES string of the molecule is CS(=O)(=O)c1ccc(S(=O)(=O)N(CCC(=O)NO)CC(S)c2ccccc2)cc1. The molecule has 0 aliphatic carbocycles. The highest BCUT2D eigenvalue weighted by Gasteiger charge is 2.27. The van der Waals surface area contributed by atoms with Crippen LogP contribution in [0.3, 0.4) is 0 Å². The molecule has 0 heterocycles. The van der Waals surface area contributed by atoms with Crippen LogP contribution in [0, 0.1) is 0 Å². The summed E-state index contributed by atoms with van der Waals surface area (Å²) < 4.78 is 50.5. The zero-order chi connectivity index (χ0) is 21.7. The molecule has 2 aromatic carbocycles. The smallest absolute Gasteiger partial charge is 0.244 e. The lowest BCUT2D eigenvalue weighted by Gasteiger charge is -2.25. The molecule has 2 rings (SSSR count). The highest BCUT2D eigenvalue weighted by molar-refractivity contribution is 7.90. The number of sulfone groups is 1. The van der Waals surface area contributed by atoms with Gasteiger partial charge in [-0.2, -0.15) is 16.9 Å². The number of carbonyl (C=O) groups is 1. The van der Waals surface area contributed by atoms with E-state index in [-0.39, 0.29) is 29.3 Å². The number of hydroxylamine groups is 1. The van der Waals surface area contributed by atoms with Crippen LogP contribution in [0.5, 0.6) is 0 Å². The van der Waals surface area contributed by atoms with Crippen molar-refractivity contribution in [3.8, 4) is 0 Å². The molecule has 2 aromatic rings. The summed E-state index contributed by atoms with van der Waals surface area (Å²) in [5.74, 6) is -0.729. The second-order valence-corrected chi connectivity index (χ2v) is 10.9. The molecule has 0 saturated heterocycles. The summed E-state index contributed by atoms with van der Waals surface area (Å²) in [6, 6.07) is 13.9. The molecule has 0 radical (unpaired) electrons. The fourth-order valence-corrected chi connectivity index (χ4v) is 5.14. The Morgan fingerprint density at radius 1 is 1.03 bits per heavy atom. The molecule has 1 amide bonds. The van der Waals surface area contributed by atoms with Crippen molar-refractivity contribution in [2.45, 2.75) is 21.5 Å². The molecule has 11 heteroatoms. The summed E-state index contributed by atoms with van der Waals surface area (Å²) in [7, 11) is -7.51. The maximum absolute atomic E-state index is 13.1. The molecule has 8 nitrogen and oxygen atoms in total. The number of hydrogen-bond donors (Lipinski definition) is 3. The summed E-state index contributed by atoms with van der Waals surface area (Å²) in [6.45, 7) is -0.214. The first-order chi connectivity index (χ1) is 13.6. The highest BCUT2D eigenvalue weighted by Crippen LogP contribution is 2.25. The third kappa shape index (κ3) is 6.28. The lowest BCUT2D eigenvalue weighted by molar-refractivity contribution is -0.129. The van der Waals surface area contributed by atoms with Crippen LogP contribution in [-0.2, 0) is 24.7 Å². The largest absolute Gasteiger partial charge is 0.289 e. The molecule has 0 fully saturated rings. The number of nitrogens with zero attached hydrogens (tertiary/aromatic N) is 1. The lowest BCUT2D eigenvalue weighted by Crippen LogP contribution is -2.37. The van der Waals surface area contributed by atoms with Gasteiger partial charge in [0.1, 0.15) is 0 Å². The lowest BCUT2D eigenvalue weighted by atomic mass is 10.1. The number of hydrogen-bond acceptors (Lipinski definition) is 7. The van der Waals surface area contributed by atoms with Crippen molar-refractivity contribution in [2.75, 3.05) is 19.3 Å². The first-order valence-electron chi connectivity index (χ1n) is 8.52. The Labute approximate surface area is 175 Å². The Bertz CT molecular complexity index is 1040. The molecule has 0 aliphatic heterocycles. The number of nitrogens with one attached hydrogen (secondary N) is 1. The molecule has 2 N–H and O–H groups in total. The standard InChI is InChI=1S/C18H22N2O6S3/c1-28(23,24)15-7-9-16(10-8-15)29(25,26)20(12-11-18(21)19-22)13-17(27)14-5-3-2-4-6-14/h2-10,17,22,27H,11-13H2,1H3,(H,19,21). The van der Waals surface area contributed by atoms with Crippen LogP contribution in [-0.4, -0.2) is 51.6 Å². The van der Waals surface area contributed by atoms with Crippen LogP contribution in [0.1, 0.15) is 17.2 Å². The maximum Gasteiger partial charge on any atom is 0.244 e. The van der Waals surface area contributed by atoms with E-state index >= 15 is 0 Å². The van der Waals surface area contributed by atoms with Crippen LogP contribution in [0.4, 0.5) is 0 Å². The van der Waals surface area contributed by atoms with E-state index in [4.69, 9.17) is 5.21 Å². The van der Waals surface area contributed by atoms with Gasteiger partial charge < -0.3 is 0 Å². The van der Waals surface area contributed by atoms with Gasteiger partial charge >= 0.3 is 0 Å². The highest BCUT2D eigenvalue weighted by atomic mass is 32.2. The van der Waals surface area contributed by atoms with E-state index in [0.717, 1.165) is 16.1 Å². The van der Waals surface area contributed by atoms with Crippen molar-refractivity contribution in [3.05, 3.63) is 60.2 Å². The first kappa shape index (κ1) is 23.4.